The molecule has 3 heterocycles. The van der Waals surface area contributed by atoms with Gasteiger partial charge >= 0.3 is 0 Å². The fraction of sp³-hybridized carbons (Fsp3) is 0.355. The molecule has 6 rings (SSSR count). The van der Waals surface area contributed by atoms with Gasteiger partial charge in [0.15, 0.2) is 11.5 Å². The first-order valence-electron chi connectivity index (χ1n) is 13.3. The van der Waals surface area contributed by atoms with Gasteiger partial charge in [0, 0.05) is 38.3 Å². The summed E-state index contributed by atoms with van der Waals surface area (Å²) in [5.41, 5.74) is 6.20. The fourth-order valence-corrected chi connectivity index (χ4v) is 6.32. The minimum absolute atomic E-state index is 0.0727. The Bertz CT molecular complexity index is 1390. The second-order valence-corrected chi connectivity index (χ2v) is 10.3. The van der Waals surface area contributed by atoms with Crippen molar-refractivity contribution in [3.8, 4) is 11.5 Å². The highest BCUT2D eigenvalue weighted by Gasteiger charge is 2.46. The maximum atomic E-state index is 14.0. The Labute approximate surface area is 223 Å². The van der Waals surface area contributed by atoms with Crippen LogP contribution in [0.3, 0.4) is 0 Å². The van der Waals surface area contributed by atoms with Crippen LogP contribution in [0.4, 0.5) is 0 Å². The molecule has 0 aliphatic carbocycles. The van der Waals surface area contributed by atoms with Gasteiger partial charge in [-0.1, -0.05) is 48.5 Å². The number of fused-ring (bicyclic) bond motifs is 5. The summed E-state index contributed by atoms with van der Waals surface area (Å²) in [6, 6.07) is 19.9. The molecule has 1 N–H and O–H groups in total. The van der Waals surface area contributed by atoms with Crippen molar-refractivity contribution in [1.29, 1.82) is 0 Å². The number of benzene rings is 3. The van der Waals surface area contributed by atoms with Crippen molar-refractivity contribution >= 4 is 11.8 Å². The molecule has 7 nitrogen and oxygen atoms in total. The number of hydrogen-bond acceptors (Lipinski definition) is 5. The molecule has 0 saturated carbocycles. The van der Waals surface area contributed by atoms with E-state index in [0.29, 0.717) is 35.7 Å². The Kier molecular flexibility index (Phi) is 6.54. The monoisotopic (exact) mass is 511 g/mol. The third-order valence-corrected chi connectivity index (χ3v) is 8.25. The minimum Gasteiger partial charge on any atom is -0.493 e. The van der Waals surface area contributed by atoms with Gasteiger partial charge in [0.2, 0.25) is 5.91 Å². The Morgan fingerprint density at radius 1 is 0.895 bits per heavy atom. The molecule has 7 heteroatoms. The maximum absolute atomic E-state index is 14.0. The summed E-state index contributed by atoms with van der Waals surface area (Å²) in [7, 11) is 3.13. The Morgan fingerprint density at radius 3 is 2.37 bits per heavy atom. The summed E-state index contributed by atoms with van der Waals surface area (Å²) >= 11 is 0. The van der Waals surface area contributed by atoms with Crippen molar-refractivity contribution in [3.05, 3.63) is 94.0 Å². The van der Waals surface area contributed by atoms with Gasteiger partial charge in [0.1, 0.15) is 0 Å². The van der Waals surface area contributed by atoms with Crippen molar-refractivity contribution in [2.45, 2.75) is 31.3 Å². The summed E-state index contributed by atoms with van der Waals surface area (Å²) in [6.07, 6.45) is 1.80. The zero-order chi connectivity index (χ0) is 26.2. The lowest BCUT2D eigenvalue weighted by atomic mass is 9.75. The van der Waals surface area contributed by atoms with E-state index in [1.165, 1.54) is 16.7 Å². The lowest BCUT2D eigenvalue weighted by Crippen LogP contribution is -2.50. The first-order chi connectivity index (χ1) is 18.6. The van der Waals surface area contributed by atoms with E-state index in [0.717, 1.165) is 38.0 Å². The summed E-state index contributed by atoms with van der Waals surface area (Å²) in [6.45, 7) is 3.77. The van der Waals surface area contributed by atoms with Crippen LogP contribution in [0.1, 0.15) is 50.1 Å². The zero-order valence-electron chi connectivity index (χ0n) is 21.9. The number of nitrogens with zero attached hydrogens (tertiary/aromatic N) is 2. The SMILES string of the molecule is COc1cc2c(cc1OC)[C@H](C(=O)NCCN1CCc3ccccc3C1)[C@@H]1c3ccccc3CCN1C2=O. The molecule has 3 aromatic carbocycles. The molecule has 3 aliphatic heterocycles. The number of carbonyl (C=O) groups excluding carboxylic acids is 2. The molecule has 38 heavy (non-hydrogen) atoms. The number of rotatable bonds is 6. The van der Waals surface area contributed by atoms with Crippen molar-refractivity contribution < 1.29 is 19.1 Å². The molecule has 196 valence electrons. The molecule has 0 fully saturated rings. The quantitative estimate of drug-likeness (QED) is 0.546. The fourth-order valence-electron chi connectivity index (χ4n) is 6.32. The lowest BCUT2D eigenvalue weighted by molar-refractivity contribution is -0.124. The first-order valence-corrected chi connectivity index (χ1v) is 13.3. The van der Waals surface area contributed by atoms with E-state index in [9.17, 15) is 9.59 Å². The highest BCUT2D eigenvalue weighted by atomic mass is 16.5. The minimum atomic E-state index is -0.550. The summed E-state index contributed by atoms with van der Waals surface area (Å²) in [4.78, 5) is 31.9. The van der Waals surface area contributed by atoms with Crippen LogP contribution in [0.15, 0.2) is 60.7 Å². The zero-order valence-corrected chi connectivity index (χ0v) is 21.9. The number of amides is 2. The smallest absolute Gasteiger partial charge is 0.254 e. The first kappa shape index (κ1) is 24.5. The average Bonchev–Trinajstić information content (AvgIpc) is 2.96. The summed E-state index contributed by atoms with van der Waals surface area (Å²) in [5.74, 6) is 0.305. The molecule has 0 radical (unpaired) electrons. The Balaban J connectivity index is 1.29. The van der Waals surface area contributed by atoms with Crippen molar-refractivity contribution in [2.24, 2.45) is 0 Å². The van der Waals surface area contributed by atoms with Crippen LogP contribution in [0.5, 0.6) is 11.5 Å². The number of hydrogen-bond donors (Lipinski definition) is 1. The van der Waals surface area contributed by atoms with Gasteiger partial charge in [-0.25, -0.2) is 0 Å². The second kappa shape index (κ2) is 10.1. The molecule has 0 saturated heterocycles. The largest absolute Gasteiger partial charge is 0.493 e. The van der Waals surface area contributed by atoms with E-state index in [1.54, 1.807) is 20.3 Å². The van der Waals surface area contributed by atoms with E-state index in [-0.39, 0.29) is 17.9 Å². The maximum Gasteiger partial charge on any atom is 0.254 e. The molecule has 0 aromatic heterocycles. The van der Waals surface area contributed by atoms with Gasteiger partial charge in [-0.05, 0) is 52.8 Å². The van der Waals surface area contributed by atoms with E-state index in [2.05, 4.69) is 46.6 Å². The molecule has 0 bridgehead atoms. The number of carbonyl (C=O) groups is 2. The van der Waals surface area contributed by atoms with Crippen LogP contribution in [-0.4, -0.2) is 62.0 Å². The molecule has 0 unspecified atom stereocenters. The van der Waals surface area contributed by atoms with Crippen LogP contribution in [0.25, 0.3) is 0 Å². The van der Waals surface area contributed by atoms with Gasteiger partial charge in [0.05, 0.1) is 26.2 Å². The molecule has 3 aromatic rings. The standard InChI is InChI=1S/C31H33N3O4/c1-37-26-17-24-25(18-27(26)38-2)31(36)34-15-12-21-8-5-6-10-23(21)29(34)28(24)30(35)32-13-16-33-14-11-20-7-3-4-9-22(20)19-33/h3-10,17-18,28-29H,11-16,19H2,1-2H3,(H,32,35)/t28-,29-/m0/s1. The number of nitrogens with one attached hydrogen (secondary N) is 1. The lowest BCUT2D eigenvalue weighted by Gasteiger charge is -2.45. The van der Waals surface area contributed by atoms with Crippen LogP contribution in [-0.2, 0) is 24.2 Å². The van der Waals surface area contributed by atoms with Gasteiger partial charge in [-0.2, -0.15) is 0 Å². The third-order valence-electron chi connectivity index (χ3n) is 8.25. The van der Waals surface area contributed by atoms with Gasteiger partial charge < -0.3 is 19.7 Å². The normalized spacial score (nSPS) is 20.1. The van der Waals surface area contributed by atoms with E-state index >= 15 is 0 Å². The molecule has 2 amide bonds. The summed E-state index contributed by atoms with van der Waals surface area (Å²) in [5, 5.41) is 3.22. The molecule has 0 spiro atoms. The summed E-state index contributed by atoms with van der Waals surface area (Å²) < 4.78 is 11.1. The molecule has 2 atom stereocenters. The highest BCUT2D eigenvalue weighted by Crippen LogP contribution is 2.48. The van der Waals surface area contributed by atoms with Gasteiger partial charge in [-0.15, -0.1) is 0 Å². The van der Waals surface area contributed by atoms with Crippen molar-refractivity contribution in [3.63, 3.8) is 0 Å². The van der Waals surface area contributed by atoms with Crippen LogP contribution < -0.4 is 14.8 Å². The average molecular weight is 512 g/mol. The van der Waals surface area contributed by atoms with E-state index < -0.39 is 5.92 Å². The van der Waals surface area contributed by atoms with E-state index in [4.69, 9.17) is 9.47 Å². The predicted molar refractivity (Wildman–Crippen MR) is 145 cm³/mol. The van der Waals surface area contributed by atoms with Crippen LogP contribution in [0.2, 0.25) is 0 Å². The van der Waals surface area contributed by atoms with Gasteiger partial charge in [0.25, 0.3) is 5.91 Å². The van der Waals surface area contributed by atoms with Crippen molar-refractivity contribution in [1.82, 2.24) is 15.1 Å². The topological polar surface area (TPSA) is 71.1 Å². The van der Waals surface area contributed by atoms with E-state index in [1.807, 2.05) is 23.1 Å². The number of methoxy groups -OCH3 is 2. The molecular formula is C31H33N3O4. The van der Waals surface area contributed by atoms with Crippen LogP contribution in [0, 0.1) is 0 Å². The van der Waals surface area contributed by atoms with Crippen molar-refractivity contribution in [2.75, 3.05) is 40.4 Å². The predicted octanol–water partition coefficient (Wildman–Crippen LogP) is 3.72. The highest BCUT2D eigenvalue weighted by molar-refractivity contribution is 6.02. The number of ether oxygens (including phenoxy) is 2. The Morgan fingerprint density at radius 2 is 1.58 bits per heavy atom. The Hall–Kier alpha value is -3.84. The van der Waals surface area contributed by atoms with Crippen LogP contribution >= 0.6 is 0 Å². The molecule has 3 aliphatic rings. The third kappa shape index (κ3) is 4.21. The van der Waals surface area contributed by atoms with Gasteiger partial charge in [-0.3, -0.25) is 14.5 Å². The second-order valence-electron chi connectivity index (χ2n) is 10.3. The molecular weight excluding hydrogens is 478 g/mol.